The van der Waals surface area contributed by atoms with E-state index < -0.39 is 6.04 Å². The molecule has 0 spiro atoms. The van der Waals surface area contributed by atoms with Crippen molar-refractivity contribution in [2.45, 2.75) is 25.9 Å². The molecule has 0 bridgehead atoms. The first-order chi connectivity index (χ1) is 9.61. The Balaban J connectivity index is 2.19. The molecule has 1 aliphatic rings. The van der Waals surface area contributed by atoms with Crippen LogP contribution in [0, 0.1) is 0 Å². The molecule has 0 aliphatic carbocycles. The summed E-state index contributed by atoms with van der Waals surface area (Å²) >= 11 is 0. The van der Waals surface area contributed by atoms with E-state index in [2.05, 4.69) is 20.7 Å². The van der Waals surface area contributed by atoms with E-state index in [9.17, 15) is 4.79 Å². The van der Waals surface area contributed by atoms with E-state index in [1.165, 1.54) is 0 Å². The highest BCUT2D eigenvalue weighted by molar-refractivity contribution is 5.85. The lowest BCUT2D eigenvalue weighted by Crippen LogP contribution is -2.55. The zero-order valence-corrected chi connectivity index (χ0v) is 11.7. The molecule has 0 saturated carbocycles. The van der Waals surface area contributed by atoms with E-state index >= 15 is 0 Å². The summed E-state index contributed by atoms with van der Waals surface area (Å²) < 4.78 is 5.41. The molecule has 1 aromatic rings. The smallest absolute Gasteiger partial charge is 0.245 e. The Morgan fingerprint density at radius 3 is 3.10 bits per heavy atom. The zero-order valence-electron chi connectivity index (χ0n) is 11.7. The lowest BCUT2D eigenvalue weighted by molar-refractivity contribution is -0.125. The Hall–Kier alpha value is -1.93. The largest absolute Gasteiger partial charge is 0.377 e. The number of amides is 1. The number of anilines is 2. The molecule has 1 fully saturated rings. The van der Waals surface area contributed by atoms with Crippen molar-refractivity contribution in [1.29, 1.82) is 0 Å². The van der Waals surface area contributed by atoms with E-state index in [-0.39, 0.29) is 11.9 Å². The first-order valence-corrected chi connectivity index (χ1v) is 6.56. The predicted octanol–water partition coefficient (Wildman–Crippen LogP) is -0.508. The maximum atomic E-state index is 12.2. The normalized spacial score (nSPS) is 19.0. The molecule has 1 aromatic heterocycles. The minimum absolute atomic E-state index is 0.0689. The summed E-state index contributed by atoms with van der Waals surface area (Å²) in [4.78, 5) is 22.4. The van der Waals surface area contributed by atoms with Gasteiger partial charge in [-0.25, -0.2) is 10.8 Å². The molecule has 1 aliphatic heterocycles. The van der Waals surface area contributed by atoms with Gasteiger partial charge in [-0.15, -0.1) is 0 Å². The van der Waals surface area contributed by atoms with Gasteiger partial charge in [0.25, 0.3) is 0 Å². The minimum atomic E-state index is -0.397. The lowest BCUT2D eigenvalue weighted by atomic mass is 10.2. The molecule has 1 amide bonds. The monoisotopic (exact) mass is 280 g/mol. The van der Waals surface area contributed by atoms with Crippen LogP contribution in [0.1, 0.15) is 13.8 Å². The minimum Gasteiger partial charge on any atom is -0.377 e. The van der Waals surface area contributed by atoms with Crippen LogP contribution in [-0.2, 0) is 9.53 Å². The first-order valence-electron chi connectivity index (χ1n) is 6.56. The molecule has 4 N–H and O–H groups in total. The molecule has 8 nitrogen and oxygen atoms in total. The summed E-state index contributed by atoms with van der Waals surface area (Å²) in [6.07, 6.45) is 1.60. The lowest BCUT2D eigenvalue weighted by Gasteiger charge is -2.35. The summed E-state index contributed by atoms with van der Waals surface area (Å²) in [5, 5.41) is 2.90. The number of aromatic nitrogens is 2. The number of hydrogen-bond acceptors (Lipinski definition) is 7. The Labute approximate surface area is 117 Å². The summed E-state index contributed by atoms with van der Waals surface area (Å²) in [5.74, 6) is 6.21. The van der Waals surface area contributed by atoms with Crippen molar-refractivity contribution in [3.05, 3.63) is 12.3 Å². The average Bonchev–Trinajstić information content (AvgIpc) is 2.46. The summed E-state index contributed by atoms with van der Waals surface area (Å²) in [5.41, 5.74) is 2.40. The van der Waals surface area contributed by atoms with Crippen molar-refractivity contribution in [2.24, 2.45) is 5.84 Å². The van der Waals surface area contributed by atoms with E-state index in [0.29, 0.717) is 31.5 Å². The maximum absolute atomic E-state index is 12.2. The van der Waals surface area contributed by atoms with Crippen LogP contribution in [0.15, 0.2) is 12.3 Å². The fourth-order valence-electron chi connectivity index (χ4n) is 2.05. The third-order valence-electron chi connectivity index (χ3n) is 2.93. The highest BCUT2D eigenvalue weighted by Crippen LogP contribution is 2.18. The van der Waals surface area contributed by atoms with Crippen molar-refractivity contribution in [1.82, 2.24) is 15.3 Å². The fourth-order valence-corrected chi connectivity index (χ4v) is 2.05. The molecular formula is C12H20N6O2. The quantitative estimate of drug-likeness (QED) is 0.504. The van der Waals surface area contributed by atoms with Gasteiger partial charge >= 0.3 is 0 Å². The van der Waals surface area contributed by atoms with E-state index in [1.54, 1.807) is 12.3 Å². The SMILES string of the molecule is CC(C)NC(=O)C1COCCN1c1ccnc(NN)n1. The van der Waals surface area contributed by atoms with Crippen molar-refractivity contribution in [2.75, 3.05) is 30.1 Å². The second-order valence-electron chi connectivity index (χ2n) is 4.83. The number of carbonyl (C=O) groups is 1. The fraction of sp³-hybridized carbons (Fsp3) is 0.583. The highest BCUT2D eigenvalue weighted by Gasteiger charge is 2.30. The second kappa shape index (κ2) is 6.49. The van der Waals surface area contributed by atoms with Gasteiger partial charge in [-0.1, -0.05) is 0 Å². The van der Waals surface area contributed by atoms with Gasteiger partial charge in [0.05, 0.1) is 13.2 Å². The number of nitrogens with two attached hydrogens (primary N) is 1. The standard InChI is InChI=1S/C12H20N6O2/c1-8(2)15-11(19)9-7-20-6-5-18(9)10-3-4-14-12(16-10)17-13/h3-4,8-9H,5-7,13H2,1-2H3,(H,15,19)(H,14,16,17). The number of hydrogen-bond donors (Lipinski definition) is 3. The van der Waals surface area contributed by atoms with Crippen LogP contribution in [0.3, 0.4) is 0 Å². The molecular weight excluding hydrogens is 260 g/mol. The topological polar surface area (TPSA) is 105 Å². The predicted molar refractivity (Wildman–Crippen MR) is 75.1 cm³/mol. The second-order valence-corrected chi connectivity index (χ2v) is 4.83. The Kier molecular flexibility index (Phi) is 4.70. The van der Waals surface area contributed by atoms with Crippen LogP contribution >= 0.6 is 0 Å². The van der Waals surface area contributed by atoms with Gasteiger partial charge in [-0.3, -0.25) is 10.2 Å². The van der Waals surface area contributed by atoms with Gasteiger partial charge in [-0.2, -0.15) is 4.98 Å². The van der Waals surface area contributed by atoms with Crippen LogP contribution in [0.25, 0.3) is 0 Å². The third kappa shape index (κ3) is 3.34. The van der Waals surface area contributed by atoms with Crippen molar-refractivity contribution in [3.8, 4) is 0 Å². The summed E-state index contributed by atoms with van der Waals surface area (Å²) in [7, 11) is 0. The number of carbonyl (C=O) groups excluding carboxylic acids is 1. The van der Waals surface area contributed by atoms with Gasteiger partial charge in [0.15, 0.2) is 0 Å². The van der Waals surface area contributed by atoms with Crippen LogP contribution in [0.2, 0.25) is 0 Å². The molecule has 8 heteroatoms. The van der Waals surface area contributed by atoms with Gasteiger partial charge < -0.3 is 15.0 Å². The van der Waals surface area contributed by atoms with Gasteiger partial charge in [0.2, 0.25) is 11.9 Å². The van der Waals surface area contributed by atoms with Gasteiger partial charge in [-0.05, 0) is 19.9 Å². The van der Waals surface area contributed by atoms with Crippen LogP contribution in [0.4, 0.5) is 11.8 Å². The molecule has 1 saturated heterocycles. The Morgan fingerprint density at radius 1 is 1.60 bits per heavy atom. The Morgan fingerprint density at radius 2 is 2.40 bits per heavy atom. The van der Waals surface area contributed by atoms with Crippen molar-refractivity contribution >= 4 is 17.7 Å². The third-order valence-corrected chi connectivity index (χ3v) is 2.93. The number of rotatable bonds is 4. The van der Waals surface area contributed by atoms with Crippen LogP contribution in [-0.4, -0.2) is 47.7 Å². The number of nitrogens with one attached hydrogen (secondary N) is 2. The number of ether oxygens (including phenoxy) is 1. The number of hydrazine groups is 1. The van der Waals surface area contributed by atoms with E-state index in [0.717, 1.165) is 0 Å². The molecule has 110 valence electrons. The number of nitrogen functional groups attached to an aromatic ring is 1. The van der Waals surface area contributed by atoms with Gasteiger partial charge in [0, 0.05) is 18.8 Å². The van der Waals surface area contributed by atoms with Crippen molar-refractivity contribution < 1.29 is 9.53 Å². The Bertz CT molecular complexity index is 467. The molecule has 2 heterocycles. The molecule has 1 unspecified atom stereocenters. The summed E-state index contributed by atoms with van der Waals surface area (Å²) in [6.45, 7) is 5.34. The molecule has 1 atom stereocenters. The molecule has 0 aromatic carbocycles. The van der Waals surface area contributed by atoms with Crippen LogP contribution in [0.5, 0.6) is 0 Å². The molecule has 20 heavy (non-hydrogen) atoms. The zero-order chi connectivity index (χ0) is 14.5. The summed E-state index contributed by atoms with van der Waals surface area (Å²) in [6, 6.07) is 1.44. The van der Waals surface area contributed by atoms with Crippen LogP contribution < -0.4 is 21.5 Å². The average molecular weight is 280 g/mol. The number of morpholine rings is 1. The number of nitrogens with zero attached hydrogens (tertiary/aromatic N) is 3. The van der Waals surface area contributed by atoms with Gasteiger partial charge in [0.1, 0.15) is 11.9 Å². The van der Waals surface area contributed by atoms with Crippen molar-refractivity contribution in [3.63, 3.8) is 0 Å². The van der Waals surface area contributed by atoms with E-state index in [1.807, 2.05) is 18.7 Å². The molecule has 0 radical (unpaired) electrons. The first kappa shape index (κ1) is 14.5. The maximum Gasteiger partial charge on any atom is 0.245 e. The molecule has 2 rings (SSSR count). The highest BCUT2D eigenvalue weighted by atomic mass is 16.5. The van der Waals surface area contributed by atoms with E-state index in [4.69, 9.17) is 10.6 Å².